The summed E-state index contributed by atoms with van der Waals surface area (Å²) < 4.78 is 0. The van der Waals surface area contributed by atoms with Gasteiger partial charge in [-0.15, -0.1) is 11.8 Å². The highest BCUT2D eigenvalue weighted by Crippen LogP contribution is 2.22. The highest BCUT2D eigenvalue weighted by atomic mass is 35.5. The molecule has 2 N–H and O–H groups in total. The molecule has 0 aliphatic heterocycles. The van der Waals surface area contributed by atoms with Gasteiger partial charge in [0, 0.05) is 21.7 Å². The molecule has 2 aromatic carbocycles. The topological polar surface area (TPSA) is 32.3 Å². The first-order chi connectivity index (χ1) is 9.67. The maximum atomic E-state index is 9.29. The van der Waals surface area contributed by atoms with Gasteiger partial charge in [-0.3, -0.25) is 0 Å². The zero-order chi connectivity index (χ0) is 14.4. The molecule has 2 nitrogen and oxygen atoms in total. The first-order valence-corrected chi connectivity index (χ1v) is 7.87. The number of thioether (sulfide) groups is 1. The molecule has 0 amide bonds. The standard InChI is InChI=1S/C16H18ClNOS/c1-18-14(10-12-2-6-15(19)7-3-12)11-20-16-8-4-13(17)5-9-16/h2-9,14,18-19H,10-11H2,1H3. The predicted molar refractivity (Wildman–Crippen MR) is 86.8 cm³/mol. The maximum Gasteiger partial charge on any atom is 0.115 e. The first kappa shape index (κ1) is 15.2. The van der Waals surface area contributed by atoms with Gasteiger partial charge in [-0.1, -0.05) is 23.7 Å². The molecule has 0 saturated carbocycles. The van der Waals surface area contributed by atoms with Crippen LogP contribution in [0.1, 0.15) is 5.56 Å². The molecule has 0 spiro atoms. The van der Waals surface area contributed by atoms with Crippen LogP contribution in [0, 0.1) is 0 Å². The van der Waals surface area contributed by atoms with Gasteiger partial charge in [0.05, 0.1) is 0 Å². The molecule has 0 aromatic heterocycles. The number of hydrogen-bond donors (Lipinski definition) is 2. The molecule has 0 aliphatic rings. The maximum absolute atomic E-state index is 9.29. The van der Waals surface area contributed by atoms with E-state index >= 15 is 0 Å². The van der Waals surface area contributed by atoms with Crippen LogP contribution in [0.15, 0.2) is 53.4 Å². The summed E-state index contributed by atoms with van der Waals surface area (Å²) in [4.78, 5) is 1.22. The van der Waals surface area contributed by atoms with Gasteiger partial charge in [-0.05, 0) is 55.4 Å². The van der Waals surface area contributed by atoms with E-state index in [1.807, 2.05) is 55.2 Å². The van der Waals surface area contributed by atoms with Crippen molar-refractivity contribution in [1.29, 1.82) is 0 Å². The van der Waals surface area contributed by atoms with Gasteiger partial charge in [0.1, 0.15) is 5.75 Å². The Morgan fingerprint density at radius 1 is 1.10 bits per heavy atom. The van der Waals surface area contributed by atoms with E-state index in [1.54, 1.807) is 12.1 Å². The van der Waals surface area contributed by atoms with Crippen LogP contribution in [0.25, 0.3) is 0 Å². The van der Waals surface area contributed by atoms with Crippen LogP contribution in [0.2, 0.25) is 5.02 Å². The molecule has 2 aromatic rings. The van der Waals surface area contributed by atoms with Crippen molar-refractivity contribution < 1.29 is 5.11 Å². The Morgan fingerprint density at radius 3 is 2.35 bits per heavy atom. The van der Waals surface area contributed by atoms with E-state index in [-0.39, 0.29) is 0 Å². The van der Waals surface area contributed by atoms with Crippen molar-refractivity contribution in [3.8, 4) is 5.75 Å². The number of phenolic OH excluding ortho intramolecular Hbond substituents is 1. The molecule has 0 heterocycles. The Hall–Kier alpha value is -1.16. The lowest BCUT2D eigenvalue weighted by atomic mass is 10.1. The monoisotopic (exact) mass is 307 g/mol. The molecule has 106 valence electrons. The van der Waals surface area contributed by atoms with Crippen LogP contribution in [0.5, 0.6) is 5.75 Å². The fourth-order valence-electron chi connectivity index (χ4n) is 1.89. The Balaban J connectivity index is 1.88. The lowest BCUT2D eigenvalue weighted by Gasteiger charge is -2.16. The fraction of sp³-hybridized carbons (Fsp3) is 0.250. The lowest BCUT2D eigenvalue weighted by Crippen LogP contribution is -2.29. The third-order valence-electron chi connectivity index (χ3n) is 3.09. The van der Waals surface area contributed by atoms with Crippen molar-refractivity contribution in [2.75, 3.05) is 12.8 Å². The molecule has 0 aliphatic carbocycles. The second kappa shape index (κ2) is 7.58. The molecule has 1 atom stereocenters. The van der Waals surface area contributed by atoms with Crippen molar-refractivity contribution in [3.63, 3.8) is 0 Å². The number of aromatic hydroxyl groups is 1. The average molecular weight is 308 g/mol. The van der Waals surface area contributed by atoms with Gasteiger partial charge in [-0.25, -0.2) is 0 Å². The number of hydrogen-bond acceptors (Lipinski definition) is 3. The summed E-state index contributed by atoms with van der Waals surface area (Å²) >= 11 is 7.69. The van der Waals surface area contributed by atoms with E-state index in [4.69, 9.17) is 11.6 Å². The van der Waals surface area contributed by atoms with Gasteiger partial charge in [0.25, 0.3) is 0 Å². The molecule has 0 saturated heterocycles. The summed E-state index contributed by atoms with van der Waals surface area (Å²) in [5.41, 5.74) is 1.22. The summed E-state index contributed by atoms with van der Waals surface area (Å²) in [5, 5.41) is 13.4. The minimum atomic E-state index is 0.310. The van der Waals surface area contributed by atoms with Crippen molar-refractivity contribution in [1.82, 2.24) is 5.32 Å². The van der Waals surface area contributed by atoms with Crippen LogP contribution in [0.4, 0.5) is 0 Å². The molecular weight excluding hydrogens is 290 g/mol. The molecule has 4 heteroatoms. The van der Waals surface area contributed by atoms with Gasteiger partial charge in [-0.2, -0.15) is 0 Å². The van der Waals surface area contributed by atoms with Crippen molar-refractivity contribution in [2.24, 2.45) is 0 Å². The van der Waals surface area contributed by atoms with Gasteiger partial charge in [0.15, 0.2) is 0 Å². The Morgan fingerprint density at radius 2 is 1.75 bits per heavy atom. The number of likely N-dealkylation sites (N-methyl/N-ethyl adjacent to an activating group) is 1. The van der Waals surface area contributed by atoms with E-state index in [9.17, 15) is 5.11 Å². The molecule has 2 rings (SSSR count). The minimum absolute atomic E-state index is 0.310. The largest absolute Gasteiger partial charge is 0.508 e. The molecular formula is C16H18ClNOS. The zero-order valence-electron chi connectivity index (χ0n) is 11.3. The fourth-order valence-corrected chi connectivity index (χ4v) is 3.02. The average Bonchev–Trinajstić information content (AvgIpc) is 2.47. The van der Waals surface area contributed by atoms with Crippen LogP contribution in [-0.4, -0.2) is 23.9 Å². The molecule has 0 radical (unpaired) electrons. The summed E-state index contributed by atoms with van der Waals surface area (Å²) in [5.74, 6) is 1.30. The second-order valence-electron chi connectivity index (χ2n) is 4.62. The minimum Gasteiger partial charge on any atom is -0.508 e. The predicted octanol–water partition coefficient (Wildman–Crippen LogP) is 3.97. The SMILES string of the molecule is CNC(CSc1ccc(Cl)cc1)Cc1ccc(O)cc1. The van der Waals surface area contributed by atoms with Gasteiger partial charge >= 0.3 is 0 Å². The van der Waals surface area contributed by atoms with Crippen LogP contribution >= 0.6 is 23.4 Å². The van der Waals surface area contributed by atoms with Crippen molar-refractivity contribution in [2.45, 2.75) is 17.4 Å². The van der Waals surface area contributed by atoms with Crippen molar-refractivity contribution >= 4 is 23.4 Å². The molecule has 0 bridgehead atoms. The van der Waals surface area contributed by atoms with Gasteiger partial charge < -0.3 is 10.4 Å². The normalized spacial score (nSPS) is 12.3. The molecule has 1 unspecified atom stereocenters. The quantitative estimate of drug-likeness (QED) is 0.792. The highest BCUT2D eigenvalue weighted by Gasteiger charge is 2.08. The second-order valence-corrected chi connectivity index (χ2v) is 6.15. The number of rotatable bonds is 6. The summed E-state index contributed by atoms with van der Waals surface area (Å²) in [7, 11) is 1.98. The number of halogens is 1. The third kappa shape index (κ3) is 4.75. The highest BCUT2D eigenvalue weighted by molar-refractivity contribution is 7.99. The summed E-state index contributed by atoms with van der Waals surface area (Å²) in [6, 6.07) is 15.7. The number of nitrogens with one attached hydrogen (secondary N) is 1. The number of benzene rings is 2. The van der Waals surface area contributed by atoms with E-state index < -0.39 is 0 Å². The zero-order valence-corrected chi connectivity index (χ0v) is 12.9. The Bertz CT molecular complexity index is 527. The van der Waals surface area contributed by atoms with Crippen LogP contribution in [0.3, 0.4) is 0 Å². The van der Waals surface area contributed by atoms with Crippen LogP contribution in [-0.2, 0) is 6.42 Å². The number of phenols is 1. The Labute approximate surface area is 129 Å². The van der Waals surface area contributed by atoms with E-state index in [2.05, 4.69) is 5.32 Å². The van der Waals surface area contributed by atoms with E-state index in [0.29, 0.717) is 11.8 Å². The summed E-state index contributed by atoms with van der Waals surface area (Å²) in [6.07, 6.45) is 0.942. The van der Waals surface area contributed by atoms with Crippen molar-refractivity contribution in [3.05, 3.63) is 59.1 Å². The molecule has 0 fully saturated rings. The lowest BCUT2D eigenvalue weighted by molar-refractivity contribution is 0.475. The van der Waals surface area contributed by atoms with E-state index in [0.717, 1.165) is 17.2 Å². The molecule has 20 heavy (non-hydrogen) atoms. The summed E-state index contributed by atoms with van der Waals surface area (Å²) in [6.45, 7) is 0. The Kier molecular flexibility index (Phi) is 5.77. The first-order valence-electron chi connectivity index (χ1n) is 6.51. The van der Waals surface area contributed by atoms with Gasteiger partial charge in [0.2, 0.25) is 0 Å². The third-order valence-corrected chi connectivity index (χ3v) is 4.52. The van der Waals surface area contributed by atoms with Crippen LogP contribution < -0.4 is 5.32 Å². The van der Waals surface area contributed by atoms with E-state index in [1.165, 1.54) is 10.5 Å². The smallest absolute Gasteiger partial charge is 0.115 e.